The lowest BCUT2D eigenvalue weighted by molar-refractivity contribution is 0.232. The number of halogens is 1. The molecule has 16 heavy (non-hydrogen) atoms. The molecule has 1 aromatic heterocycles. The lowest BCUT2D eigenvalue weighted by Gasteiger charge is -2.32. The first-order chi connectivity index (χ1) is 7.70. The predicted molar refractivity (Wildman–Crippen MR) is 72.3 cm³/mol. The lowest BCUT2D eigenvalue weighted by Crippen LogP contribution is -2.28. The van der Waals surface area contributed by atoms with E-state index in [-0.39, 0.29) is 0 Å². The van der Waals surface area contributed by atoms with Gasteiger partial charge in [0.05, 0.1) is 4.34 Å². The minimum atomic E-state index is 0.500. The highest BCUT2D eigenvalue weighted by molar-refractivity contribution is 7.16. The molecule has 1 aliphatic rings. The van der Waals surface area contributed by atoms with E-state index >= 15 is 0 Å². The van der Waals surface area contributed by atoms with Crippen LogP contribution in [0.2, 0.25) is 4.34 Å². The van der Waals surface area contributed by atoms with E-state index in [0.717, 1.165) is 16.2 Å². The zero-order valence-electron chi connectivity index (χ0n) is 10.0. The molecule has 2 rings (SSSR count). The van der Waals surface area contributed by atoms with E-state index in [0.29, 0.717) is 6.04 Å². The minimum absolute atomic E-state index is 0.500. The average molecular weight is 258 g/mol. The second-order valence-corrected chi connectivity index (χ2v) is 6.69. The zero-order chi connectivity index (χ0) is 11.5. The third kappa shape index (κ3) is 2.79. The summed E-state index contributed by atoms with van der Waals surface area (Å²) in [6, 6.07) is 4.69. The largest absolute Gasteiger partial charge is 0.312 e. The van der Waals surface area contributed by atoms with Crippen LogP contribution in [-0.4, -0.2) is 7.05 Å². The Morgan fingerprint density at radius 3 is 2.81 bits per heavy atom. The van der Waals surface area contributed by atoms with Gasteiger partial charge in [-0.25, -0.2) is 0 Å². The molecule has 0 aliphatic heterocycles. The number of nitrogens with one attached hydrogen (secondary N) is 1. The van der Waals surface area contributed by atoms with Crippen molar-refractivity contribution in [3.63, 3.8) is 0 Å². The Kier molecular flexibility index (Phi) is 4.28. The number of hydrogen-bond donors (Lipinski definition) is 1. The summed E-state index contributed by atoms with van der Waals surface area (Å²) in [5, 5.41) is 3.47. The monoisotopic (exact) mass is 257 g/mol. The average Bonchev–Trinajstić information content (AvgIpc) is 2.66. The second kappa shape index (κ2) is 5.52. The Hall–Kier alpha value is -0.0500. The van der Waals surface area contributed by atoms with E-state index in [1.165, 1.54) is 30.6 Å². The van der Waals surface area contributed by atoms with Crippen molar-refractivity contribution in [3.05, 3.63) is 21.3 Å². The van der Waals surface area contributed by atoms with Gasteiger partial charge in [0.2, 0.25) is 0 Å². The van der Waals surface area contributed by atoms with Crippen molar-refractivity contribution in [3.8, 4) is 0 Å². The summed E-state index contributed by atoms with van der Waals surface area (Å²) in [5.41, 5.74) is 0. The van der Waals surface area contributed by atoms with Gasteiger partial charge in [0.1, 0.15) is 0 Å². The Labute approximate surface area is 107 Å². The van der Waals surface area contributed by atoms with E-state index < -0.39 is 0 Å². The van der Waals surface area contributed by atoms with Gasteiger partial charge in [-0.2, -0.15) is 0 Å². The normalized spacial score (nSPS) is 27.9. The smallest absolute Gasteiger partial charge is 0.0931 e. The fourth-order valence-corrected chi connectivity index (χ4v) is 4.15. The molecule has 1 aromatic rings. The molecule has 1 fully saturated rings. The van der Waals surface area contributed by atoms with Crippen molar-refractivity contribution < 1.29 is 0 Å². The SMILES string of the molecule is CNC(c1ccc(Cl)s1)C1CCCC(C)C1. The summed E-state index contributed by atoms with van der Waals surface area (Å²) in [6.07, 6.45) is 5.48. The van der Waals surface area contributed by atoms with Gasteiger partial charge in [0, 0.05) is 10.9 Å². The summed E-state index contributed by atoms with van der Waals surface area (Å²) in [6.45, 7) is 2.38. The molecule has 1 N–H and O–H groups in total. The summed E-state index contributed by atoms with van der Waals surface area (Å²) in [5.74, 6) is 1.66. The van der Waals surface area contributed by atoms with E-state index in [9.17, 15) is 0 Å². The molecular formula is C13H20ClNS. The molecule has 3 unspecified atom stereocenters. The maximum atomic E-state index is 6.02. The number of thiophene rings is 1. The maximum absolute atomic E-state index is 6.02. The Morgan fingerprint density at radius 1 is 1.44 bits per heavy atom. The highest BCUT2D eigenvalue weighted by atomic mass is 35.5. The predicted octanol–water partition coefficient (Wildman–Crippen LogP) is 4.49. The third-order valence-electron chi connectivity index (χ3n) is 3.66. The van der Waals surface area contributed by atoms with Crippen LogP contribution in [0.15, 0.2) is 12.1 Å². The highest BCUT2D eigenvalue weighted by Crippen LogP contribution is 2.39. The summed E-state index contributed by atoms with van der Waals surface area (Å²) in [4.78, 5) is 1.40. The van der Waals surface area contributed by atoms with Gasteiger partial charge in [-0.3, -0.25) is 0 Å². The quantitative estimate of drug-likeness (QED) is 0.841. The topological polar surface area (TPSA) is 12.0 Å². The van der Waals surface area contributed by atoms with E-state index in [1.54, 1.807) is 11.3 Å². The molecule has 0 spiro atoms. The maximum Gasteiger partial charge on any atom is 0.0931 e. The molecule has 1 nitrogen and oxygen atoms in total. The van der Waals surface area contributed by atoms with Crippen LogP contribution in [-0.2, 0) is 0 Å². The molecule has 1 heterocycles. The highest BCUT2D eigenvalue weighted by Gasteiger charge is 2.27. The molecule has 0 saturated heterocycles. The Balaban J connectivity index is 2.09. The van der Waals surface area contributed by atoms with Crippen molar-refractivity contribution in [1.29, 1.82) is 0 Å². The van der Waals surface area contributed by atoms with Gasteiger partial charge in [0.15, 0.2) is 0 Å². The van der Waals surface area contributed by atoms with E-state index in [2.05, 4.69) is 25.4 Å². The minimum Gasteiger partial charge on any atom is -0.312 e. The van der Waals surface area contributed by atoms with E-state index in [1.807, 2.05) is 6.07 Å². The molecule has 1 aliphatic carbocycles. The molecular weight excluding hydrogens is 238 g/mol. The Bertz CT molecular complexity index is 336. The molecule has 0 aromatic carbocycles. The van der Waals surface area contributed by atoms with Crippen molar-refractivity contribution >= 4 is 22.9 Å². The van der Waals surface area contributed by atoms with Crippen molar-refractivity contribution in [2.45, 2.75) is 38.6 Å². The molecule has 0 bridgehead atoms. The number of rotatable bonds is 3. The first-order valence-corrected chi connectivity index (χ1v) is 7.32. The van der Waals surface area contributed by atoms with Gasteiger partial charge in [0.25, 0.3) is 0 Å². The van der Waals surface area contributed by atoms with Crippen LogP contribution < -0.4 is 5.32 Å². The summed E-state index contributed by atoms with van der Waals surface area (Å²) in [7, 11) is 2.07. The first kappa shape index (κ1) is 12.4. The fraction of sp³-hybridized carbons (Fsp3) is 0.692. The standard InChI is InChI=1S/C13H20ClNS/c1-9-4-3-5-10(8-9)13(15-2)11-6-7-12(14)16-11/h6-7,9-10,13,15H,3-5,8H2,1-2H3. The fourth-order valence-electron chi connectivity index (χ4n) is 2.89. The van der Waals surface area contributed by atoms with Crippen LogP contribution in [0.4, 0.5) is 0 Å². The zero-order valence-corrected chi connectivity index (χ0v) is 11.6. The van der Waals surface area contributed by atoms with Crippen LogP contribution >= 0.6 is 22.9 Å². The molecule has 3 atom stereocenters. The summed E-state index contributed by atoms with van der Waals surface area (Å²) < 4.78 is 0.902. The van der Waals surface area contributed by atoms with Gasteiger partial charge in [-0.1, -0.05) is 31.4 Å². The van der Waals surface area contributed by atoms with Crippen molar-refractivity contribution in [2.75, 3.05) is 7.05 Å². The summed E-state index contributed by atoms with van der Waals surface area (Å²) >= 11 is 7.74. The van der Waals surface area contributed by atoms with Crippen molar-refractivity contribution in [1.82, 2.24) is 5.32 Å². The third-order valence-corrected chi connectivity index (χ3v) is 4.97. The second-order valence-electron chi connectivity index (χ2n) is 4.94. The molecule has 3 heteroatoms. The van der Waals surface area contributed by atoms with Gasteiger partial charge in [-0.15, -0.1) is 11.3 Å². The Morgan fingerprint density at radius 2 is 2.25 bits per heavy atom. The van der Waals surface area contributed by atoms with Crippen LogP contribution in [0.5, 0.6) is 0 Å². The van der Waals surface area contributed by atoms with E-state index in [4.69, 9.17) is 11.6 Å². The van der Waals surface area contributed by atoms with Crippen LogP contribution in [0.25, 0.3) is 0 Å². The molecule has 90 valence electrons. The molecule has 0 radical (unpaired) electrons. The lowest BCUT2D eigenvalue weighted by atomic mass is 9.78. The van der Waals surface area contributed by atoms with Crippen molar-refractivity contribution in [2.24, 2.45) is 11.8 Å². The number of hydrogen-bond acceptors (Lipinski definition) is 2. The van der Waals surface area contributed by atoms with Gasteiger partial charge < -0.3 is 5.32 Å². The van der Waals surface area contributed by atoms with Gasteiger partial charge >= 0.3 is 0 Å². The first-order valence-electron chi connectivity index (χ1n) is 6.13. The van der Waals surface area contributed by atoms with Crippen LogP contribution in [0, 0.1) is 11.8 Å². The molecule has 1 saturated carbocycles. The van der Waals surface area contributed by atoms with Gasteiger partial charge in [-0.05, 0) is 43.9 Å². The van der Waals surface area contributed by atoms with Crippen LogP contribution in [0.1, 0.15) is 43.5 Å². The van der Waals surface area contributed by atoms with Crippen LogP contribution in [0.3, 0.4) is 0 Å². The molecule has 0 amide bonds.